The molecule has 1 aromatic rings. The average molecular weight is 249 g/mol. The maximum absolute atomic E-state index is 12.2. The number of carbonyl (C=O) groups is 1. The van der Waals surface area contributed by atoms with Gasteiger partial charge in [0, 0.05) is 5.56 Å². The molecular weight excluding hydrogens is 230 g/mol. The number of phenols is 1. The largest absolute Gasteiger partial charge is 0.508 e. The minimum absolute atomic E-state index is 0.0180. The molecule has 0 saturated heterocycles. The first kappa shape index (κ1) is 12.9. The fourth-order valence-electron chi connectivity index (χ4n) is 2.59. The molecule has 1 amide bonds. The van der Waals surface area contributed by atoms with Crippen molar-refractivity contribution >= 4 is 5.91 Å². The summed E-state index contributed by atoms with van der Waals surface area (Å²) < 4.78 is 0. The van der Waals surface area contributed by atoms with Crippen LogP contribution in [0.15, 0.2) is 18.2 Å². The topological polar surface area (TPSA) is 69.6 Å². The summed E-state index contributed by atoms with van der Waals surface area (Å²) in [7, 11) is 0. The first-order valence-corrected chi connectivity index (χ1v) is 6.29. The zero-order chi connectivity index (χ0) is 13.2. The van der Waals surface area contributed by atoms with E-state index < -0.39 is 5.54 Å². The molecule has 0 spiro atoms. The van der Waals surface area contributed by atoms with Gasteiger partial charge in [-0.25, -0.2) is 0 Å². The highest BCUT2D eigenvalue weighted by Gasteiger charge is 2.34. The molecule has 2 rings (SSSR count). The van der Waals surface area contributed by atoms with Crippen molar-refractivity contribution in [3.05, 3.63) is 29.3 Å². The van der Waals surface area contributed by atoms with Gasteiger partial charge >= 0.3 is 0 Å². The van der Waals surface area contributed by atoms with E-state index in [0.29, 0.717) is 5.56 Å². The van der Waals surface area contributed by atoms with Gasteiger partial charge in [-0.15, -0.1) is 0 Å². The average Bonchev–Trinajstić information content (AvgIpc) is 2.78. The van der Waals surface area contributed by atoms with Gasteiger partial charge in [-0.1, -0.05) is 12.8 Å². The Balaban J connectivity index is 2.16. The quantitative estimate of drug-likeness (QED) is 0.764. The number of aliphatic hydroxyl groups excluding tert-OH is 1. The normalized spacial score (nSPS) is 17.7. The molecule has 0 bridgehead atoms. The third-order valence-corrected chi connectivity index (χ3v) is 3.70. The Bertz CT molecular complexity index is 450. The molecular formula is C14H19NO3. The molecule has 0 radical (unpaired) electrons. The van der Waals surface area contributed by atoms with Crippen molar-refractivity contribution in [1.29, 1.82) is 0 Å². The summed E-state index contributed by atoms with van der Waals surface area (Å²) in [4.78, 5) is 12.2. The number of phenolic OH excluding ortho intramolecular Hbond substituents is 1. The smallest absolute Gasteiger partial charge is 0.252 e. The molecule has 1 fully saturated rings. The van der Waals surface area contributed by atoms with Crippen LogP contribution in [0.5, 0.6) is 5.75 Å². The lowest BCUT2D eigenvalue weighted by Gasteiger charge is -2.28. The van der Waals surface area contributed by atoms with E-state index in [2.05, 4.69) is 5.32 Å². The summed E-state index contributed by atoms with van der Waals surface area (Å²) in [6, 6.07) is 4.68. The van der Waals surface area contributed by atoms with Crippen molar-refractivity contribution < 1.29 is 15.0 Å². The van der Waals surface area contributed by atoms with Crippen LogP contribution in [0.3, 0.4) is 0 Å². The highest BCUT2D eigenvalue weighted by Crippen LogP contribution is 2.29. The molecule has 0 heterocycles. The van der Waals surface area contributed by atoms with Crippen molar-refractivity contribution in [3.63, 3.8) is 0 Å². The van der Waals surface area contributed by atoms with Crippen LogP contribution in [0.4, 0.5) is 0 Å². The van der Waals surface area contributed by atoms with Crippen LogP contribution in [0, 0.1) is 6.92 Å². The number of nitrogens with one attached hydrogen (secondary N) is 1. The Morgan fingerprint density at radius 3 is 2.61 bits per heavy atom. The summed E-state index contributed by atoms with van der Waals surface area (Å²) >= 11 is 0. The minimum atomic E-state index is -0.457. The number of aliphatic hydroxyl groups is 1. The second-order valence-corrected chi connectivity index (χ2v) is 5.10. The standard InChI is InChI=1S/C14H19NO3/c1-10-8-11(17)4-5-12(10)13(18)15-14(9-16)6-2-3-7-14/h4-5,8,16-17H,2-3,6-7,9H2,1H3,(H,15,18). The molecule has 1 saturated carbocycles. The van der Waals surface area contributed by atoms with Gasteiger partial charge in [0.05, 0.1) is 12.1 Å². The summed E-state index contributed by atoms with van der Waals surface area (Å²) in [6.45, 7) is 1.77. The van der Waals surface area contributed by atoms with Crippen molar-refractivity contribution in [1.82, 2.24) is 5.32 Å². The zero-order valence-corrected chi connectivity index (χ0v) is 10.6. The first-order chi connectivity index (χ1) is 8.56. The second kappa shape index (κ2) is 4.98. The SMILES string of the molecule is Cc1cc(O)ccc1C(=O)NC1(CO)CCCC1. The molecule has 4 nitrogen and oxygen atoms in total. The number of amides is 1. The molecule has 98 valence electrons. The van der Waals surface area contributed by atoms with Gasteiger partial charge in [0.25, 0.3) is 5.91 Å². The predicted molar refractivity (Wildman–Crippen MR) is 68.6 cm³/mol. The van der Waals surface area contributed by atoms with E-state index in [0.717, 1.165) is 31.2 Å². The molecule has 0 atom stereocenters. The molecule has 0 unspecified atom stereocenters. The third kappa shape index (κ3) is 2.48. The summed E-state index contributed by atoms with van der Waals surface area (Å²) in [5, 5.41) is 21.7. The molecule has 3 N–H and O–H groups in total. The summed E-state index contributed by atoms with van der Waals surface area (Å²) in [6.07, 6.45) is 3.73. The number of aromatic hydroxyl groups is 1. The minimum Gasteiger partial charge on any atom is -0.508 e. The van der Waals surface area contributed by atoms with Gasteiger partial charge in [-0.2, -0.15) is 0 Å². The van der Waals surface area contributed by atoms with Crippen LogP contribution < -0.4 is 5.32 Å². The maximum Gasteiger partial charge on any atom is 0.252 e. The van der Waals surface area contributed by atoms with Crippen molar-refractivity contribution in [2.45, 2.75) is 38.1 Å². The van der Waals surface area contributed by atoms with Gasteiger partial charge in [0.15, 0.2) is 0 Å². The Morgan fingerprint density at radius 1 is 1.39 bits per heavy atom. The maximum atomic E-state index is 12.2. The van der Waals surface area contributed by atoms with Crippen molar-refractivity contribution in [2.75, 3.05) is 6.61 Å². The van der Waals surface area contributed by atoms with Crippen LogP contribution >= 0.6 is 0 Å². The predicted octanol–water partition coefficient (Wildman–Crippen LogP) is 1.74. The van der Waals surface area contributed by atoms with E-state index in [1.807, 2.05) is 0 Å². The Kier molecular flexibility index (Phi) is 3.57. The van der Waals surface area contributed by atoms with Crippen LogP contribution in [0.2, 0.25) is 0 Å². The number of rotatable bonds is 3. The van der Waals surface area contributed by atoms with Gasteiger partial charge in [-0.05, 0) is 43.5 Å². The van der Waals surface area contributed by atoms with Crippen LogP contribution in [-0.2, 0) is 0 Å². The highest BCUT2D eigenvalue weighted by molar-refractivity contribution is 5.96. The molecule has 0 aliphatic heterocycles. The van der Waals surface area contributed by atoms with Crippen LogP contribution in [0.1, 0.15) is 41.6 Å². The van der Waals surface area contributed by atoms with E-state index in [1.54, 1.807) is 19.1 Å². The number of carbonyl (C=O) groups excluding carboxylic acids is 1. The third-order valence-electron chi connectivity index (χ3n) is 3.70. The summed E-state index contributed by atoms with van der Waals surface area (Å²) in [5.41, 5.74) is 0.827. The molecule has 1 aliphatic carbocycles. The van der Waals surface area contributed by atoms with Crippen LogP contribution in [0.25, 0.3) is 0 Å². The van der Waals surface area contributed by atoms with Crippen molar-refractivity contribution in [3.8, 4) is 5.75 Å². The monoisotopic (exact) mass is 249 g/mol. The number of benzene rings is 1. The van der Waals surface area contributed by atoms with Gasteiger partial charge in [0.1, 0.15) is 5.75 Å². The molecule has 4 heteroatoms. The number of hydrogen-bond donors (Lipinski definition) is 3. The summed E-state index contributed by atoms with van der Waals surface area (Å²) in [5.74, 6) is -0.0229. The second-order valence-electron chi connectivity index (χ2n) is 5.10. The Labute approximate surface area is 107 Å². The number of hydrogen-bond acceptors (Lipinski definition) is 3. The molecule has 1 aliphatic rings. The fourth-order valence-corrected chi connectivity index (χ4v) is 2.59. The van der Waals surface area contributed by atoms with Gasteiger partial charge < -0.3 is 15.5 Å². The lowest BCUT2D eigenvalue weighted by molar-refractivity contribution is 0.0838. The van der Waals surface area contributed by atoms with E-state index in [-0.39, 0.29) is 18.3 Å². The molecule has 1 aromatic carbocycles. The lowest BCUT2D eigenvalue weighted by atomic mass is 9.97. The van der Waals surface area contributed by atoms with E-state index in [1.165, 1.54) is 6.07 Å². The zero-order valence-electron chi connectivity index (χ0n) is 10.6. The molecule has 18 heavy (non-hydrogen) atoms. The van der Waals surface area contributed by atoms with Crippen LogP contribution in [-0.4, -0.2) is 28.3 Å². The highest BCUT2D eigenvalue weighted by atomic mass is 16.3. The van der Waals surface area contributed by atoms with E-state index >= 15 is 0 Å². The Morgan fingerprint density at radius 2 is 2.06 bits per heavy atom. The number of aryl methyl sites for hydroxylation is 1. The Hall–Kier alpha value is -1.55. The first-order valence-electron chi connectivity index (χ1n) is 6.29. The van der Waals surface area contributed by atoms with Crippen molar-refractivity contribution in [2.24, 2.45) is 0 Å². The van der Waals surface area contributed by atoms with E-state index in [4.69, 9.17) is 0 Å². The van der Waals surface area contributed by atoms with E-state index in [9.17, 15) is 15.0 Å². The van der Waals surface area contributed by atoms with Gasteiger partial charge in [-0.3, -0.25) is 4.79 Å². The fraction of sp³-hybridized carbons (Fsp3) is 0.500. The molecule has 0 aromatic heterocycles. The lowest BCUT2D eigenvalue weighted by Crippen LogP contribution is -2.49. The van der Waals surface area contributed by atoms with Gasteiger partial charge in [0.2, 0.25) is 0 Å².